The fourth-order valence-corrected chi connectivity index (χ4v) is 5.82. The quantitative estimate of drug-likeness (QED) is 0.647. The van der Waals surface area contributed by atoms with E-state index in [0.29, 0.717) is 17.8 Å². The second kappa shape index (κ2) is 5.79. The highest BCUT2D eigenvalue weighted by molar-refractivity contribution is 5.77. The molecule has 0 amide bonds. The van der Waals surface area contributed by atoms with Crippen molar-refractivity contribution in [1.82, 2.24) is 0 Å². The molecule has 0 bridgehead atoms. The molecular weight excluding hydrogens is 284 g/mol. The highest BCUT2D eigenvalue weighted by atomic mass is 16.5. The Labute approximate surface area is 141 Å². The lowest BCUT2D eigenvalue weighted by Gasteiger charge is -2.57. The molecule has 0 saturated heterocycles. The Bertz CT molecular complexity index is 556. The molecule has 0 spiro atoms. The molecule has 0 radical (unpaired) electrons. The number of fused-ring (bicyclic) bond motifs is 3. The van der Waals surface area contributed by atoms with Crippen molar-refractivity contribution in [2.45, 2.75) is 66.2 Å². The minimum absolute atomic E-state index is 0.000467. The molecule has 2 heteroatoms. The molecule has 3 rings (SSSR count). The van der Waals surface area contributed by atoms with E-state index in [0.717, 1.165) is 19.3 Å². The molecule has 0 aromatic rings. The summed E-state index contributed by atoms with van der Waals surface area (Å²) in [5.41, 5.74) is 3.07. The van der Waals surface area contributed by atoms with Crippen LogP contribution in [0.1, 0.15) is 66.2 Å². The van der Waals surface area contributed by atoms with Gasteiger partial charge in [-0.1, -0.05) is 44.9 Å². The third-order valence-corrected chi connectivity index (χ3v) is 7.23. The lowest BCUT2D eigenvalue weighted by atomic mass is 9.47. The number of esters is 1. The van der Waals surface area contributed by atoms with Gasteiger partial charge in [-0.05, 0) is 67.8 Å². The second-order valence-electron chi connectivity index (χ2n) is 8.73. The van der Waals surface area contributed by atoms with Crippen LogP contribution in [0.15, 0.2) is 23.3 Å². The molecule has 2 nitrogen and oxygen atoms in total. The number of allylic oxidation sites excluding steroid dienone is 4. The van der Waals surface area contributed by atoms with Gasteiger partial charge in [0.2, 0.25) is 0 Å². The molecular formula is C21H32O2. The van der Waals surface area contributed by atoms with E-state index in [9.17, 15) is 4.79 Å². The SMILES string of the molecule is COC(=O)[C@]1(C)CCC[C@]2(C)[C@H]3CCC(C(C)C)=CC3=CC[C@@H]21. The smallest absolute Gasteiger partial charge is 0.311 e. The van der Waals surface area contributed by atoms with Gasteiger partial charge >= 0.3 is 5.97 Å². The van der Waals surface area contributed by atoms with Gasteiger partial charge in [0.15, 0.2) is 0 Å². The second-order valence-corrected chi connectivity index (χ2v) is 8.73. The predicted octanol–water partition coefficient (Wildman–Crippen LogP) is 5.29. The van der Waals surface area contributed by atoms with E-state index in [4.69, 9.17) is 4.74 Å². The summed E-state index contributed by atoms with van der Waals surface area (Å²) in [6, 6.07) is 0. The summed E-state index contributed by atoms with van der Waals surface area (Å²) < 4.78 is 5.20. The van der Waals surface area contributed by atoms with Crippen molar-refractivity contribution in [2.24, 2.45) is 28.6 Å². The topological polar surface area (TPSA) is 26.3 Å². The molecule has 0 aromatic carbocycles. The Morgan fingerprint density at radius 3 is 2.70 bits per heavy atom. The van der Waals surface area contributed by atoms with Crippen molar-refractivity contribution in [2.75, 3.05) is 7.11 Å². The lowest BCUT2D eigenvalue weighted by Crippen LogP contribution is -2.53. The van der Waals surface area contributed by atoms with Crippen molar-refractivity contribution < 1.29 is 9.53 Å². The molecule has 1 fully saturated rings. The molecule has 0 heterocycles. The molecule has 0 aromatic heterocycles. The van der Waals surface area contributed by atoms with Gasteiger partial charge < -0.3 is 4.74 Å². The van der Waals surface area contributed by atoms with E-state index in [1.807, 2.05) is 0 Å². The molecule has 0 unspecified atom stereocenters. The Morgan fingerprint density at radius 1 is 1.30 bits per heavy atom. The first-order valence-corrected chi connectivity index (χ1v) is 9.32. The predicted molar refractivity (Wildman–Crippen MR) is 93.9 cm³/mol. The average Bonchev–Trinajstić information content (AvgIpc) is 2.53. The van der Waals surface area contributed by atoms with Crippen LogP contribution >= 0.6 is 0 Å². The zero-order valence-electron chi connectivity index (χ0n) is 15.4. The van der Waals surface area contributed by atoms with Crippen LogP contribution in [-0.4, -0.2) is 13.1 Å². The number of hydrogen-bond donors (Lipinski definition) is 0. The third-order valence-electron chi connectivity index (χ3n) is 7.23. The van der Waals surface area contributed by atoms with Crippen LogP contribution in [0.3, 0.4) is 0 Å². The Balaban J connectivity index is 1.99. The number of rotatable bonds is 2. The minimum atomic E-state index is -0.314. The van der Waals surface area contributed by atoms with E-state index in [1.165, 1.54) is 19.3 Å². The van der Waals surface area contributed by atoms with Gasteiger partial charge in [0.1, 0.15) is 0 Å². The standard InChI is InChI=1S/C21H32O2/c1-14(2)15-7-9-17-16(13-15)8-10-18-20(17,3)11-6-12-21(18,4)19(22)23-5/h8,13-14,17-18H,6-7,9-12H2,1-5H3/t17-,18-,20+,21+/m0/s1. The fraction of sp³-hybridized carbons (Fsp3) is 0.762. The molecule has 23 heavy (non-hydrogen) atoms. The van der Waals surface area contributed by atoms with Crippen molar-refractivity contribution >= 4 is 5.97 Å². The molecule has 3 aliphatic carbocycles. The normalized spacial score (nSPS) is 39.9. The van der Waals surface area contributed by atoms with Gasteiger partial charge in [0.25, 0.3) is 0 Å². The van der Waals surface area contributed by atoms with Gasteiger partial charge in [-0.2, -0.15) is 0 Å². The molecule has 128 valence electrons. The van der Waals surface area contributed by atoms with Crippen molar-refractivity contribution in [3.8, 4) is 0 Å². The van der Waals surface area contributed by atoms with Gasteiger partial charge in [-0.3, -0.25) is 4.79 Å². The monoisotopic (exact) mass is 316 g/mol. The van der Waals surface area contributed by atoms with Gasteiger partial charge in [0.05, 0.1) is 12.5 Å². The zero-order valence-corrected chi connectivity index (χ0v) is 15.4. The summed E-state index contributed by atoms with van der Waals surface area (Å²) in [5, 5.41) is 0. The van der Waals surface area contributed by atoms with E-state index >= 15 is 0 Å². The zero-order chi connectivity index (χ0) is 16.8. The molecule has 0 N–H and O–H groups in total. The Hall–Kier alpha value is -1.05. The van der Waals surface area contributed by atoms with E-state index in [2.05, 4.69) is 39.8 Å². The summed E-state index contributed by atoms with van der Waals surface area (Å²) in [7, 11) is 1.54. The maximum Gasteiger partial charge on any atom is 0.311 e. The van der Waals surface area contributed by atoms with Crippen LogP contribution in [-0.2, 0) is 9.53 Å². The molecule has 4 atom stereocenters. The van der Waals surface area contributed by atoms with Crippen LogP contribution in [0, 0.1) is 28.6 Å². The minimum Gasteiger partial charge on any atom is -0.469 e. The first kappa shape index (κ1) is 16.8. The maximum absolute atomic E-state index is 12.5. The molecule has 0 aliphatic heterocycles. The lowest BCUT2D eigenvalue weighted by molar-refractivity contribution is -0.166. The molecule has 3 aliphatic rings. The summed E-state index contributed by atoms with van der Waals surface area (Å²) in [4.78, 5) is 12.5. The highest BCUT2D eigenvalue weighted by Gasteiger charge is 2.57. The Kier molecular flexibility index (Phi) is 4.23. The third kappa shape index (κ3) is 2.49. The number of ether oxygens (including phenoxy) is 1. The fourth-order valence-electron chi connectivity index (χ4n) is 5.82. The first-order valence-electron chi connectivity index (χ1n) is 9.32. The first-order chi connectivity index (χ1) is 10.8. The maximum atomic E-state index is 12.5. The van der Waals surface area contributed by atoms with E-state index in [-0.39, 0.29) is 16.8 Å². The Morgan fingerprint density at radius 2 is 2.04 bits per heavy atom. The van der Waals surface area contributed by atoms with Gasteiger partial charge in [-0.15, -0.1) is 0 Å². The summed E-state index contributed by atoms with van der Waals surface area (Å²) in [5.74, 6) is 1.68. The number of methoxy groups -OCH3 is 1. The van der Waals surface area contributed by atoms with Crippen LogP contribution in [0.25, 0.3) is 0 Å². The van der Waals surface area contributed by atoms with Crippen LogP contribution in [0.5, 0.6) is 0 Å². The average molecular weight is 316 g/mol. The van der Waals surface area contributed by atoms with E-state index in [1.54, 1.807) is 18.3 Å². The van der Waals surface area contributed by atoms with Crippen LogP contribution < -0.4 is 0 Å². The van der Waals surface area contributed by atoms with Crippen LogP contribution in [0.2, 0.25) is 0 Å². The van der Waals surface area contributed by atoms with Crippen LogP contribution in [0.4, 0.5) is 0 Å². The van der Waals surface area contributed by atoms with Crippen molar-refractivity contribution in [3.63, 3.8) is 0 Å². The number of carbonyl (C=O) groups is 1. The summed E-state index contributed by atoms with van der Waals surface area (Å²) in [6.07, 6.45) is 11.8. The highest BCUT2D eigenvalue weighted by Crippen LogP contribution is 2.62. The number of carbonyl (C=O) groups excluding carboxylic acids is 1. The summed E-state index contributed by atoms with van der Waals surface area (Å²) >= 11 is 0. The van der Waals surface area contributed by atoms with Gasteiger partial charge in [0, 0.05) is 0 Å². The molecule has 1 saturated carbocycles. The van der Waals surface area contributed by atoms with E-state index < -0.39 is 0 Å². The van der Waals surface area contributed by atoms with Crippen molar-refractivity contribution in [1.29, 1.82) is 0 Å². The summed E-state index contributed by atoms with van der Waals surface area (Å²) in [6.45, 7) is 9.20. The van der Waals surface area contributed by atoms with Crippen molar-refractivity contribution in [3.05, 3.63) is 23.3 Å². The van der Waals surface area contributed by atoms with Gasteiger partial charge in [-0.25, -0.2) is 0 Å². The largest absolute Gasteiger partial charge is 0.469 e. The number of hydrogen-bond acceptors (Lipinski definition) is 2.